The molecular weight excluding hydrogens is 236 g/mol. The van der Waals surface area contributed by atoms with Crippen LogP contribution < -0.4 is 0 Å². The van der Waals surface area contributed by atoms with Crippen LogP contribution in [0.15, 0.2) is 0 Å². The highest BCUT2D eigenvalue weighted by Crippen LogP contribution is 2.23. The van der Waals surface area contributed by atoms with Crippen LogP contribution in [0.25, 0.3) is 0 Å². The van der Waals surface area contributed by atoms with Crippen LogP contribution in [-0.4, -0.2) is 65.3 Å². The second-order valence-electron chi connectivity index (χ2n) is 5.84. The van der Waals surface area contributed by atoms with Gasteiger partial charge >= 0.3 is 12.1 Å². The minimum absolute atomic E-state index is 0.0543. The molecule has 6 nitrogen and oxygen atoms in total. The molecule has 0 bridgehead atoms. The van der Waals surface area contributed by atoms with Gasteiger partial charge in [-0.1, -0.05) is 0 Å². The van der Waals surface area contributed by atoms with E-state index in [0.717, 1.165) is 0 Å². The number of hydrogen-bond donors (Lipinski definition) is 1. The molecule has 0 spiro atoms. The summed E-state index contributed by atoms with van der Waals surface area (Å²) in [4.78, 5) is 26.4. The number of likely N-dealkylation sites (tertiary alicyclic amines) is 1. The van der Waals surface area contributed by atoms with Gasteiger partial charge in [-0.25, -0.2) is 9.59 Å². The van der Waals surface area contributed by atoms with Crippen LogP contribution in [0.4, 0.5) is 4.79 Å². The van der Waals surface area contributed by atoms with E-state index in [1.807, 2.05) is 19.0 Å². The molecule has 18 heavy (non-hydrogen) atoms. The quantitative estimate of drug-likeness (QED) is 0.800. The van der Waals surface area contributed by atoms with Gasteiger partial charge in [0, 0.05) is 12.6 Å². The Bertz CT molecular complexity index is 335. The molecule has 0 unspecified atom stereocenters. The lowest BCUT2D eigenvalue weighted by Crippen LogP contribution is -2.43. The van der Waals surface area contributed by atoms with Crippen LogP contribution >= 0.6 is 0 Å². The smallest absolute Gasteiger partial charge is 0.411 e. The van der Waals surface area contributed by atoms with E-state index in [4.69, 9.17) is 9.84 Å². The number of rotatable bonds is 2. The molecule has 1 fully saturated rings. The Morgan fingerprint density at radius 3 is 2.28 bits per heavy atom. The summed E-state index contributed by atoms with van der Waals surface area (Å²) in [6.45, 7) is 5.68. The number of carbonyl (C=O) groups excluding carboxylic acids is 1. The van der Waals surface area contributed by atoms with E-state index in [9.17, 15) is 9.59 Å². The van der Waals surface area contributed by atoms with Crippen LogP contribution in [0.5, 0.6) is 0 Å². The zero-order valence-electron chi connectivity index (χ0n) is 11.6. The summed E-state index contributed by atoms with van der Waals surface area (Å²) in [6.07, 6.45) is -0.124. The Kier molecular flexibility index (Phi) is 4.21. The maximum atomic E-state index is 12.0. The minimum atomic E-state index is -0.981. The minimum Gasteiger partial charge on any atom is -0.480 e. The van der Waals surface area contributed by atoms with Crippen molar-refractivity contribution in [1.29, 1.82) is 0 Å². The van der Waals surface area contributed by atoms with Crippen LogP contribution in [0.3, 0.4) is 0 Å². The monoisotopic (exact) mass is 258 g/mol. The molecule has 0 saturated carbocycles. The standard InChI is InChI=1S/C12H22N2O4/c1-12(2,3)18-11(17)14-7-8(13(4)5)6-9(14)10(15)16/h8-9H,6-7H2,1-5H3,(H,15,16)/t8-,9+/m1/s1. The number of carboxylic acid groups (broad SMARTS) is 1. The topological polar surface area (TPSA) is 70.1 Å². The third-order valence-electron chi connectivity index (χ3n) is 2.92. The SMILES string of the molecule is CN(C)[C@@H]1C[C@@H](C(=O)O)N(C(=O)OC(C)(C)C)C1. The summed E-state index contributed by atoms with van der Waals surface area (Å²) >= 11 is 0. The van der Waals surface area contributed by atoms with Crippen molar-refractivity contribution in [3.05, 3.63) is 0 Å². The van der Waals surface area contributed by atoms with E-state index < -0.39 is 23.7 Å². The van der Waals surface area contributed by atoms with Crippen molar-refractivity contribution in [2.24, 2.45) is 0 Å². The third kappa shape index (κ3) is 3.60. The third-order valence-corrected chi connectivity index (χ3v) is 2.92. The van der Waals surface area contributed by atoms with Gasteiger partial charge in [-0.2, -0.15) is 0 Å². The van der Waals surface area contributed by atoms with Gasteiger partial charge in [0.15, 0.2) is 0 Å². The average molecular weight is 258 g/mol. The maximum absolute atomic E-state index is 12.0. The molecule has 6 heteroatoms. The summed E-state index contributed by atoms with van der Waals surface area (Å²) < 4.78 is 5.24. The normalized spacial score (nSPS) is 24.4. The molecule has 2 atom stereocenters. The first-order valence-electron chi connectivity index (χ1n) is 6.00. The number of carbonyl (C=O) groups is 2. The fourth-order valence-electron chi connectivity index (χ4n) is 1.94. The number of likely N-dealkylation sites (N-methyl/N-ethyl adjacent to an activating group) is 1. The van der Waals surface area contributed by atoms with Gasteiger partial charge in [-0.15, -0.1) is 0 Å². The predicted octanol–water partition coefficient (Wildman–Crippen LogP) is 1.01. The largest absolute Gasteiger partial charge is 0.480 e. The van der Waals surface area contributed by atoms with Crippen molar-refractivity contribution in [3.63, 3.8) is 0 Å². The van der Waals surface area contributed by atoms with Crippen LogP contribution in [0.2, 0.25) is 0 Å². The highest BCUT2D eigenvalue weighted by atomic mass is 16.6. The average Bonchev–Trinajstić information content (AvgIpc) is 2.58. The number of aliphatic carboxylic acids is 1. The molecule has 1 rings (SSSR count). The highest BCUT2D eigenvalue weighted by Gasteiger charge is 2.42. The molecule has 1 aliphatic heterocycles. The van der Waals surface area contributed by atoms with Crippen LogP contribution in [0.1, 0.15) is 27.2 Å². The van der Waals surface area contributed by atoms with Gasteiger partial charge in [0.25, 0.3) is 0 Å². The van der Waals surface area contributed by atoms with Gasteiger partial charge in [0.2, 0.25) is 0 Å². The summed E-state index contributed by atoms with van der Waals surface area (Å²) in [5, 5.41) is 9.16. The first-order valence-corrected chi connectivity index (χ1v) is 6.00. The summed E-state index contributed by atoms with van der Waals surface area (Å²) in [6, 6.07) is -0.745. The number of nitrogens with zero attached hydrogens (tertiary/aromatic N) is 2. The van der Waals surface area contributed by atoms with Crippen molar-refractivity contribution in [3.8, 4) is 0 Å². The second kappa shape index (κ2) is 5.14. The molecule has 0 aromatic heterocycles. The number of carboxylic acids is 1. The first kappa shape index (κ1) is 14.8. The Morgan fingerprint density at radius 2 is 1.89 bits per heavy atom. The maximum Gasteiger partial charge on any atom is 0.411 e. The lowest BCUT2D eigenvalue weighted by Gasteiger charge is -2.27. The van der Waals surface area contributed by atoms with E-state index in [1.54, 1.807) is 20.8 Å². The molecule has 0 aliphatic carbocycles. The van der Waals surface area contributed by atoms with E-state index >= 15 is 0 Å². The second-order valence-corrected chi connectivity index (χ2v) is 5.84. The van der Waals surface area contributed by atoms with Crippen LogP contribution in [0, 0.1) is 0 Å². The van der Waals surface area contributed by atoms with Crippen molar-refractivity contribution in [2.75, 3.05) is 20.6 Å². The summed E-state index contributed by atoms with van der Waals surface area (Å²) in [5.41, 5.74) is -0.615. The molecule has 1 N–H and O–H groups in total. The molecule has 1 aliphatic rings. The van der Waals surface area contributed by atoms with Crippen molar-refractivity contribution in [1.82, 2.24) is 9.80 Å². The lowest BCUT2D eigenvalue weighted by atomic mass is 10.1. The molecule has 104 valence electrons. The van der Waals surface area contributed by atoms with Gasteiger partial charge < -0.3 is 14.7 Å². The van der Waals surface area contributed by atoms with Crippen LogP contribution in [-0.2, 0) is 9.53 Å². The molecule has 1 amide bonds. The zero-order valence-corrected chi connectivity index (χ0v) is 11.6. The Morgan fingerprint density at radius 1 is 1.33 bits per heavy atom. The van der Waals surface area contributed by atoms with Gasteiger partial charge in [-0.05, 0) is 41.3 Å². The summed E-state index contributed by atoms with van der Waals surface area (Å²) in [7, 11) is 3.75. The molecule has 1 heterocycles. The number of amides is 1. The highest BCUT2D eigenvalue weighted by molar-refractivity contribution is 5.81. The fraction of sp³-hybridized carbons (Fsp3) is 0.833. The van der Waals surface area contributed by atoms with Crippen molar-refractivity contribution >= 4 is 12.1 Å². The van der Waals surface area contributed by atoms with E-state index in [0.29, 0.717) is 13.0 Å². The van der Waals surface area contributed by atoms with Gasteiger partial charge in [0.1, 0.15) is 11.6 Å². The fourth-order valence-corrected chi connectivity index (χ4v) is 1.94. The Labute approximate surface area is 107 Å². The molecule has 0 aromatic carbocycles. The molecule has 1 saturated heterocycles. The lowest BCUT2D eigenvalue weighted by molar-refractivity contribution is -0.142. The van der Waals surface area contributed by atoms with Crippen molar-refractivity contribution < 1.29 is 19.4 Å². The van der Waals surface area contributed by atoms with Crippen molar-refractivity contribution in [2.45, 2.75) is 44.9 Å². The summed E-state index contributed by atoms with van der Waals surface area (Å²) in [5.74, 6) is -0.981. The Balaban J connectivity index is 2.78. The first-order chi connectivity index (χ1) is 8.11. The van der Waals surface area contributed by atoms with Gasteiger partial charge in [0.05, 0.1) is 0 Å². The van der Waals surface area contributed by atoms with Gasteiger partial charge in [-0.3, -0.25) is 4.90 Å². The molecular formula is C12H22N2O4. The number of ether oxygens (including phenoxy) is 1. The van der Waals surface area contributed by atoms with E-state index in [-0.39, 0.29) is 6.04 Å². The van der Waals surface area contributed by atoms with E-state index in [2.05, 4.69) is 0 Å². The Hall–Kier alpha value is -1.30. The number of hydrogen-bond acceptors (Lipinski definition) is 4. The zero-order chi connectivity index (χ0) is 14.1. The predicted molar refractivity (Wildman–Crippen MR) is 66.5 cm³/mol. The van der Waals surface area contributed by atoms with E-state index in [1.165, 1.54) is 4.90 Å². The molecule has 0 aromatic rings. The molecule has 0 radical (unpaired) electrons.